The average molecular weight is 291 g/mol. The maximum Gasteiger partial charge on any atom is 0.107 e. The van der Waals surface area contributed by atoms with Gasteiger partial charge in [0.1, 0.15) is 5.01 Å². The molecule has 0 atom stereocenters. The molecular weight excluding hydrogens is 266 g/mol. The molecule has 1 spiro atoms. The summed E-state index contributed by atoms with van der Waals surface area (Å²) >= 11 is 2.02. The minimum Gasteiger partial charge on any atom is -0.314 e. The molecule has 1 saturated heterocycles. The molecule has 4 rings (SSSR count). The largest absolute Gasteiger partial charge is 0.314 e. The number of nitrogens with zero attached hydrogens (tertiary/aromatic N) is 2. The highest BCUT2D eigenvalue weighted by molar-refractivity contribution is 7.11. The summed E-state index contributed by atoms with van der Waals surface area (Å²) in [6.07, 6.45) is 9.84. The van der Waals surface area contributed by atoms with Gasteiger partial charge in [0.2, 0.25) is 0 Å². The van der Waals surface area contributed by atoms with Crippen LogP contribution in [0.2, 0.25) is 0 Å². The Morgan fingerprint density at radius 2 is 1.95 bits per heavy atom. The van der Waals surface area contributed by atoms with Crippen LogP contribution in [0.4, 0.5) is 0 Å². The molecule has 3 nitrogen and oxygen atoms in total. The molecule has 110 valence electrons. The third kappa shape index (κ3) is 2.53. The van der Waals surface area contributed by atoms with Crippen molar-refractivity contribution in [3.05, 3.63) is 15.6 Å². The van der Waals surface area contributed by atoms with E-state index in [-0.39, 0.29) is 0 Å². The van der Waals surface area contributed by atoms with E-state index in [0.717, 1.165) is 19.6 Å². The molecule has 1 aromatic rings. The molecule has 20 heavy (non-hydrogen) atoms. The number of aryl methyl sites for hydroxylation is 1. The van der Waals surface area contributed by atoms with Gasteiger partial charge in [-0.1, -0.05) is 12.8 Å². The van der Waals surface area contributed by atoms with Crippen LogP contribution in [-0.4, -0.2) is 36.1 Å². The molecule has 0 bridgehead atoms. The van der Waals surface area contributed by atoms with Crippen molar-refractivity contribution >= 4 is 11.3 Å². The van der Waals surface area contributed by atoms with Crippen LogP contribution in [0, 0.1) is 5.41 Å². The summed E-state index contributed by atoms with van der Waals surface area (Å²) < 4.78 is 0. The summed E-state index contributed by atoms with van der Waals surface area (Å²) in [5.41, 5.74) is 2.11. The van der Waals surface area contributed by atoms with E-state index in [9.17, 15) is 0 Å². The Kier molecular flexibility index (Phi) is 3.57. The topological polar surface area (TPSA) is 28.2 Å². The Hall–Kier alpha value is -0.450. The lowest BCUT2D eigenvalue weighted by atomic mass is 9.74. The number of rotatable bonds is 2. The second-order valence-corrected chi connectivity index (χ2v) is 8.06. The second kappa shape index (κ2) is 5.39. The van der Waals surface area contributed by atoms with Crippen molar-refractivity contribution in [3.63, 3.8) is 0 Å². The van der Waals surface area contributed by atoms with Crippen LogP contribution in [0.25, 0.3) is 0 Å². The molecule has 2 heterocycles. The van der Waals surface area contributed by atoms with Gasteiger partial charge in [-0.15, -0.1) is 11.3 Å². The van der Waals surface area contributed by atoms with E-state index in [1.54, 1.807) is 4.88 Å². The lowest BCUT2D eigenvalue weighted by Gasteiger charge is -2.32. The molecule has 0 aromatic carbocycles. The quantitative estimate of drug-likeness (QED) is 0.908. The van der Waals surface area contributed by atoms with Crippen LogP contribution >= 0.6 is 11.3 Å². The van der Waals surface area contributed by atoms with Gasteiger partial charge < -0.3 is 5.32 Å². The van der Waals surface area contributed by atoms with E-state index >= 15 is 0 Å². The SMILES string of the molecule is C1CCC2(C1)CCc1nc(CN3CCNCC3)sc1C2. The molecule has 3 aliphatic rings. The third-order valence-corrected chi connectivity index (χ3v) is 6.57. The van der Waals surface area contributed by atoms with Crippen LogP contribution in [0.15, 0.2) is 0 Å². The zero-order valence-corrected chi connectivity index (χ0v) is 13.1. The van der Waals surface area contributed by atoms with Crippen LogP contribution in [0.1, 0.15) is 47.7 Å². The van der Waals surface area contributed by atoms with Gasteiger partial charge in [0.25, 0.3) is 0 Å². The van der Waals surface area contributed by atoms with Gasteiger partial charge in [-0.25, -0.2) is 4.98 Å². The number of aromatic nitrogens is 1. The minimum absolute atomic E-state index is 0.672. The summed E-state index contributed by atoms with van der Waals surface area (Å²) in [4.78, 5) is 9.13. The molecule has 0 amide bonds. The Bertz CT molecular complexity index is 470. The van der Waals surface area contributed by atoms with Gasteiger partial charge in [0.15, 0.2) is 0 Å². The van der Waals surface area contributed by atoms with Crippen LogP contribution in [0.3, 0.4) is 0 Å². The smallest absolute Gasteiger partial charge is 0.107 e. The molecular formula is C16H25N3S. The number of thiazole rings is 1. The molecule has 0 radical (unpaired) electrons. The predicted octanol–water partition coefficient (Wildman–Crippen LogP) is 2.60. The van der Waals surface area contributed by atoms with Gasteiger partial charge in [0.05, 0.1) is 12.2 Å². The van der Waals surface area contributed by atoms with Crippen molar-refractivity contribution in [2.24, 2.45) is 5.41 Å². The number of hydrogen-bond donors (Lipinski definition) is 1. The van der Waals surface area contributed by atoms with Gasteiger partial charge in [-0.05, 0) is 37.5 Å². The first kappa shape index (κ1) is 13.2. The monoisotopic (exact) mass is 291 g/mol. The first-order valence-corrected chi connectivity index (χ1v) is 9.05. The average Bonchev–Trinajstić information content (AvgIpc) is 3.07. The maximum absolute atomic E-state index is 4.96. The lowest BCUT2D eigenvalue weighted by molar-refractivity contribution is 0.232. The predicted molar refractivity (Wildman–Crippen MR) is 83.2 cm³/mol. The Balaban J connectivity index is 1.47. The Morgan fingerprint density at radius 3 is 2.75 bits per heavy atom. The van der Waals surface area contributed by atoms with Crippen molar-refractivity contribution in [2.75, 3.05) is 26.2 Å². The van der Waals surface area contributed by atoms with Crippen molar-refractivity contribution in [2.45, 2.75) is 51.5 Å². The van der Waals surface area contributed by atoms with E-state index in [4.69, 9.17) is 4.98 Å². The van der Waals surface area contributed by atoms with Crippen molar-refractivity contribution < 1.29 is 0 Å². The Morgan fingerprint density at radius 1 is 1.15 bits per heavy atom. The lowest BCUT2D eigenvalue weighted by Crippen LogP contribution is -2.42. The molecule has 2 aliphatic carbocycles. The summed E-state index contributed by atoms with van der Waals surface area (Å²) in [5.74, 6) is 0. The first-order valence-electron chi connectivity index (χ1n) is 8.24. The summed E-state index contributed by atoms with van der Waals surface area (Å²) in [7, 11) is 0. The van der Waals surface area contributed by atoms with Gasteiger partial charge in [0, 0.05) is 31.1 Å². The zero-order chi connectivity index (χ0) is 13.4. The third-order valence-electron chi connectivity index (χ3n) is 5.48. The van der Waals surface area contributed by atoms with E-state index in [1.807, 2.05) is 11.3 Å². The van der Waals surface area contributed by atoms with E-state index in [2.05, 4.69) is 10.2 Å². The van der Waals surface area contributed by atoms with Crippen molar-refractivity contribution in [1.29, 1.82) is 0 Å². The highest BCUT2D eigenvalue weighted by atomic mass is 32.1. The normalized spacial score (nSPS) is 26.0. The van der Waals surface area contributed by atoms with Crippen LogP contribution in [-0.2, 0) is 19.4 Å². The van der Waals surface area contributed by atoms with Gasteiger partial charge >= 0.3 is 0 Å². The fourth-order valence-electron chi connectivity index (χ4n) is 4.26. The molecule has 1 aromatic heterocycles. The minimum atomic E-state index is 0.672. The second-order valence-electron chi connectivity index (χ2n) is 6.89. The van der Waals surface area contributed by atoms with Gasteiger partial charge in [-0.2, -0.15) is 0 Å². The summed E-state index contributed by atoms with van der Waals surface area (Å²) in [6, 6.07) is 0. The first-order chi connectivity index (χ1) is 9.83. The van der Waals surface area contributed by atoms with Crippen molar-refractivity contribution in [3.8, 4) is 0 Å². The molecule has 0 unspecified atom stereocenters. The van der Waals surface area contributed by atoms with Gasteiger partial charge in [-0.3, -0.25) is 4.90 Å². The Labute approximate surface area is 125 Å². The zero-order valence-electron chi connectivity index (χ0n) is 12.3. The highest BCUT2D eigenvalue weighted by Gasteiger charge is 2.38. The molecule has 2 fully saturated rings. The molecule has 1 saturated carbocycles. The fraction of sp³-hybridized carbons (Fsp3) is 0.812. The van der Waals surface area contributed by atoms with Crippen molar-refractivity contribution in [1.82, 2.24) is 15.2 Å². The van der Waals surface area contributed by atoms with E-state index < -0.39 is 0 Å². The number of hydrogen-bond acceptors (Lipinski definition) is 4. The highest BCUT2D eigenvalue weighted by Crippen LogP contribution is 2.48. The number of fused-ring (bicyclic) bond motifs is 1. The molecule has 4 heteroatoms. The summed E-state index contributed by atoms with van der Waals surface area (Å²) in [5, 5.41) is 4.79. The van der Waals surface area contributed by atoms with E-state index in [0.29, 0.717) is 5.41 Å². The number of nitrogens with one attached hydrogen (secondary N) is 1. The molecule has 1 aliphatic heterocycles. The summed E-state index contributed by atoms with van der Waals surface area (Å²) in [6.45, 7) is 5.69. The standard InChI is InChI=1S/C16H25N3S/c1-2-5-16(4-1)6-3-13-14(11-16)20-15(18-13)12-19-9-7-17-8-10-19/h17H,1-12H2. The maximum atomic E-state index is 4.96. The fourth-order valence-corrected chi connectivity index (χ4v) is 5.59. The van der Waals surface area contributed by atoms with E-state index in [1.165, 1.54) is 68.7 Å². The molecule has 1 N–H and O–H groups in total. The van der Waals surface area contributed by atoms with Crippen LogP contribution in [0.5, 0.6) is 0 Å². The number of piperazine rings is 1. The van der Waals surface area contributed by atoms with Crippen LogP contribution < -0.4 is 5.32 Å².